The first-order valence-corrected chi connectivity index (χ1v) is 10.7. The SMILES string of the molecule is O=C(NCCNS(=O)(=O)c1cccc2cnccc12)OCc1ccc(Br)cc1. The van der Waals surface area contributed by atoms with E-state index in [-0.39, 0.29) is 24.6 Å². The van der Waals surface area contributed by atoms with Crippen molar-refractivity contribution < 1.29 is 17.9 Å². The summed E-state index contributed by atoms with van der Waals surface area (Å²) in [5.74, 6) is 0. The Kier molecular flexibility index (Phi) is 6.61. The number of fused-ring (bicyclic) bond motifs is 1. The lowest BCUT2D eigenvalue weighted by atomic mass is 10.2. The highest BCUT2D eigenvalue weighted by Crippen LogP contribution is 2.21. The van der Waals surface area contributed by atoms with Crippen LogP contribution in [0, 0.1) is 0 Å². The monoisotopic (exact) mass is 463 g/mol. The molecule has 146 valence electrons. The van der Waals surface area contributed by atoms with Gasteiger partial charge in [0.15, 0.2) is 0 Å². The van der Waals surface area contributed by atoms with Crippen LogP contribution in [-0.4, -0.2) is 32.6 Å². The number of carbonyl (C=O) groups excluding carboxylic acids is 1. The number of alkyl carbamates (subject to hydrolysis) is 1. The van der Waals surface area contributed by atoms with Crippen LogP contribution in [0.4, 0.5) is 4.79 Å². The van der Waals surface area contributed by atoms with Crippen molar-refractivity contribution in [3.8, 4) is 0 Å². The molecule has 0 unspecified atom stereocenters. The zero-order chi connectivity index (χ0) is 20.0. The number of ether oxygens (including phenoxy) is 1. The molecule has 28 heavy (non-hydrogen) atoms. The van der Waals surface area contributed by atoms with E-state index in [0.29, 0.717) is 5.39 Å². The van der Waals surface area contributed by atoms with Gasteiger partial charge in [-0.1, -0.05) is 40.2 Å². The molecule has 1 aromatic heterocycles. The normalized spacial score (nSPS) is 11.3. The molecule has 2 N–H and O–H groups in total. The van der Waals surface area contributed by atoms with Crippen LogP contribution >= 0.6 is 15.9 Å². The second-order valence-electron chi connectivity index (χ2n) is 5.88. The maximum atomic E-state index is 12.5. The third-order valence-electron chi connectivity index (χ3n) is 3.90. The Morgan fingerprint density at radius 1 is 1.07 bits per heavy atom. The second kappa shape index (κ2) is 9.13. The number of benzene rings is 2. The van der Waals surface area contributed by atoms with Gasteiger partial charge in [0.25, 0.3) is 0 Å². The lowest BCUT2D eigenvalue weighted by Crippen LogP contribution is -2.35. The Morgan fingerprint density at radius 2 is 1.86 bits per heavy atom. The summed E-state index contributed by atoms with van der Waals surface area (Å²) in [5.41, 5.74) is 0.851. The molecule has 9 heteroatoms. The summed E-state index contributed by atoms with van der Waals surface area (Å²) in [5, 5.41) is 3.84. The van der Waals surface area contributed by atoms with Gasteiger partial charge in [-0.25, -0.2) is 17.9 Å². The van der Waals surface area contributed by atoms with E-state index in [1.807, 2.05) is 24.3 Å². The van der Waals surface area contributed by atoms with Gasteiger partial charge in [-0.3, -0.25) is 4.98 Å². The number of carbonyl (C=O) groups is 1. The number of rotatable bonds is 7. The summed E-state index contributed by atoms with van der Waals surface area (Å²) in [6, 6.07) is 14.0. The first-order chi connectivity index (χ1) is 13.5. The summed E-state index contributed by atoms with van der Waals surface area (Å²) in [4.78, 5) is 15.9. The van der Waals surface area contributed by atoms with E-state index in [4.69, 9.17) is 4.74 Å². The van der Waals surface area contributed by atoms with Crippen molar-refractivity contribution in [3.05, 3.63) is 71.0 Å². The number of sulfonamides is 1. The van der Waals surface area contributed by atoms with E-state index in [9.17, 15) is 13.2 Å². The maximum Gasteiger partial charge on any atom is 0.407 e. The van der Waals surface area contributed by atoms with Crippen LogP contribution in [0.15, 0.2) is 70.3 Å². The van der Waals surface area contributed by atoms with E-state index in [1.54, 1.807) is 30.6 Å². The highest BCUT2D eigenvalue weighted by atomic mass is 79.9. The van der Waals surface area contributed by atoms with E-state index in [0.717, 1.165) is 15.4 Å². The molecule has 0 spiro atoms. The predicted molar refractivity (Wildman–Crippen MR) is 109 cm³/mol. The van der Waals surface area contributed by atoms with Crippen LogP contribution < -0.4 is 10.0 Å². The van der Waals surface area contributed by atoms with Crippen molar-refractivity contribution in [1.82, 2.24) is 15.0 Å². The fourth-order valence-electron chi connectivity index (χ4n) is 2.54. The van der Waals surface area contributed by atoms with Gasteiger partial charge < -0.3 is 10.1 Å². The van der Waals surface area contributed by atoms with Gasteiger partial charge in [-0.15, -0.1) is 0 Å². The number of nitrogens with one attached hydrogen (secondary N) is 2. The first kappa shape index (κ1) is 20.2. The summed E-state index contributed by atoms with van der Waals surface area (Å²) in [7, 11) is -3.72. The molecule has 3 rings (SSSR count). The number of halogens is 1. The van der Waals surface area contributed by atoms with Gasteiger partial charge in [0.05, 0.1) is 4.90 Å². The van der Waals surface area contributed by atoms with Crippen LogP contribution in [-0.2, 0) is 21.4 Å². The highest BCUT2D eigenvalue weighted by Gasteiger charge is 2.16. The highest BCUT2D eigenvalue weighted by molar-refractivity contribution is 9.10. The summed E-state index contributed by atoms with van der Waals surface area (Å²) < 4.78 is 33.6. The average molecular weight is 464 g/mol. The lowest BCUT2D eigenvalue weighted by Gasteiger charge is -2.10. The molecule has 0 radical (unpaired) electrons. The number of nitrogens with zero attached hydrogens (tertiary/aromatic N) is 1. The minimum Gasteiger partial charge on any atom is -0.445 e. The van der Waals surface area contributed by atoms with Crippen molar-refractivity contribution >= 4 is 42.8 Å². The van der Waals surface area contributed by atoms with E-state index in [2.05, 4.69) is 31.0 Å². The number of amides is 1. The molecule has 2 aromatic carbocycles. The maximum absolute atomic E-state index is 12.5. The van der Waals surface area contributed by atoms with Gasteiger partial charge in [-0.05, 0) is 29.8 Å². The quantitative estimate of drug-likeness (QED) is 0.524. The van der Waals surface area contributed by atoms with Gasteiger partial charge in [-0.2, -0.15) is 0 Å². The van der Waals surface area contributed by atoms with E-state index < -0.39 is 16.1 Å². The van der Waals surface area contributed by atoms with Crippen molar-refractivity contribution in [1.29, 1.82) is 0 Å². The summed E-state index contributed by atoms with van der Waals surface area (Å²) in [6.45, 7) is 0.275. The van der Waals surface area contributed by atoms with Crippen LogP contribution in [0.3, 0.4) is 0 Å². The Balaban J connectivity index is 1.48. The molecule has 0 fully saturated rings. The Bertz CT molecular complexity index is 1070. The largest absolute Gasteiger partial charge is 0.445 e. The predicted octanol–water partition coefficient (Wildman–Crippen LogP) is 3.20. The van der Waals surface area contributed by atoms with Gasteiger partial charge in [0.2, 0.25) is 10.0 Å². The fourth-order valence-corrected chi connectivity index (χ4v) is 4.06. The minimum atomic E-state index is -3.72. The molecule has 0 atom stereocenters. The van der Waals surface area contributed by atoms with Crippen molar-refractivity contribution in [2.24, 2.45) is 0 Å². The second-order valence-corrected chi connectivity index (χ2v) is 8.53. The number of hydrogen-bond donors (Lipinski definition) is 2. The molecule has 0 bridgehead atoms. The first-order valence-electron chi connectivity index (χ1n) is 8.43. The number of pyridine rings is 1. The molecule has 7 nitrogen and oxygen atoms in total. The summed E-state index contributed by atoms with van der Waals surface area (Å²) in [6.07, 6.45) is 2.54. The van der Waals surface area contributed by atoms with Gasteiger partial charge in [0.1, 0.15) is 6.61 Å². The van der Waals surface area contributed by atoms with Gasteiger partial charge in [0, 0.05) is 40.7 Å². The molecule has 3 aromatic rings. The average Bonchev–Trinajstić information content (AvgIpc) is 2.70. The third kappa shape index (κ3) is 5.28. The zero-order valence-corrected chi connectivity index (χ0v) is 17.2. The Morgan fingerprint density at radius 3 is 2.64 bits per heavy atom. The fraction of sp³-hybridized carbons (Fsp3) is 0.158. The zero-order valence-electron chi connectivity index (χ0n) is 14.8. The van der Waals surface area contributed by atoms with Gasteiger partial charge >= 0.3 is 6.09 Å². The standard InChI is InChI=1S/C19H18BrN3O4S/c20-16-6-4-14(5-7-16)13-27-19(24)22-10-11-23-28(25,26)18-3-1-2-15-12-21-9-8-17(15)18/h1-9,12,23H,10-11,13H2,(H,22,24). The van der Waals surface area contributed by atoms with E-state index in [1.165, 1.54) is 6.07 Å². The molecule has 0 aliphatic carbocycles. The van der Waals surface area contributed by atoms with Crippen LogP contribution in [0.1, 0.15) is 5.56 Å². The Labute approximate surface area is 171 Å². The molecule has 0 aliphatic heterocycles. The minimum absolute atomic E-state index is 0.0389. The summed E-state index contributed by atoms with van der Waals surface area (Å²) >= 11 is 3.33. The molecular formula is C19H18BrN3O4S. The van der Waals surface area contributed by atoms with Crippen molar-refractivity contribution in [3.63, 3.8) is 0 Å². The Hall–Kier alpha value is -2.49. The molecule has 1 heterocycles. The van der Waals surface area contributed by atoms with Crippen LogP contribution in [0.2, 0.25) is 0 Å². The van der Waals surface area contributed by atoms with E-state index >= 15 is 0 Å². The smallest absolute Gasteiger partial charge is 0.407 e. The topological polar surface area (TPSA) is 97.4 Å². The van der Waals surface area contributed by atoms with Crippen molar-refractivity contribution in [2.45, 2.75) is 11.5 Å². The number of hydrogen-bond acceptors (Lipinski definition) is 5. The molecular weight excluding hydrogens is 446 g/mol. The van der Waals surface area contributed by atoms with Crippen LogP contribution in [0.5, 0.6) is 0 Å². The molecule has 0 aliphatic rings. The number of aromatic nitrogens is 1. The molecule has 0 saturated carbocycles. The molecule has 1 amide bonds. The van der Waals surface area contributed by atoms with Crippen molar-refractivity contribution in [2.75, 3.05) is 13.1 Å². The van der Waals surface area contributed by atoms with Crippen LogP contribution in [0.25, 0.3) is 10.8 Å². The molecule has 0 saturated heterocycles. The lowest BCUT2D eigenvalue weighted by molar-refractivity contribution is 0.140. The third-order valence-corrected chi connectivity index (χ3v) is 5.95.